The summed E-state index contributed by atoms with van der Waals surface area (Å²) in [5, 5.41) is 0. The number of amides is 1. The highest BCUT2D eigenvalue weighted by Gasteiger charge is 2.72. The number of thioether (sulfide) groups is 1. The van der Waals surface area contributed by atoms with Gasteiger partial charge in [-0.05, 0) is 87.3 Å². The minimum absolute atomic E-state index is 0.0158. The standard InChI is InChI=1S/C43H53NO9S/c1-27(2)17-18-37-42(3,53-37)40-39(49-4)36(19-20-43(40)26-51-43)52-38(47)23-28(45)25-54-22-10-16-35(46)34-15-9-21-44(34)41(48)50-24-33-31-13-7-5-11-29(31)30-12-6-8-14-32(30)33/h5-8,11-14,17,33-34,36-37,39-40H,9-10,15-16,18-26H2,1-4H3/t34?,36-,37-,39-,40-,42+,43+/m1/s1. The van der Waals surface area contributed by atoms with E-state index in [-0.39, 0.29) is 53.9 Å². The molecule has 4 fully saturated rings. The quantitative estimate of drug-likeness (QED) is 0.0578. The van der Waals surface area contributed by atoms with Gasteiger partial charge in [0.05, 0.1) is 30.4 Å². The second kappa shape index (κ2) is 16.3. The third-order valence-corrected chi connectivity index (χ3v) is 13.1. The molecule has 2 aromatic rings. The van der Waals surface area contributed by atoms with Gasteiger partial charge in [0.2, 0.25) is 0 Å². The highest BCUT2D eigenvalue weighted by atomic mass is 32.2. The molecule has 0 bridgehead atoms. The number of ether oxygens (including phenoxy) is 5. The number of allylic oxidation sites excluding steroid dienone is 1. The fourth-order valence-electron chi connectivity index (χ4n) is 9.19. The molecule has 3 saturated heterocycles. The Morgan fingerprint density at radius 2 is 1.72 bits per heavy atom. The van der Waals surface area contributed by atoms with Crippen LogP contribution in [0, 0.1) is 5.92 Å². The molecule has 5 aliphatic rings. The van der Waals surface area contributed by atoms with Crippen molar-refractivity contribution in [2.75, 3.05) is 38.4 Å². The highest BCUT2D eigenvalue weighted by Crippen LogP contribution is 2.59. The van der Waals surface area contributed by atoms with Crippen molar-refractivity contribution < 1.29 is 42.9 Å². The smallest absolute Gasteiger partial charge is 0.410 e. The molecule has 7 atom stereocenters. The first-order chi connectivity index (χ1) is 26.0. The average molecular weight is 760 g/mol. The van der Waals surface area contributed by atoms with Crippen molar-refractivity contribution in [2.45, 2.75) is 114 Å². The number of hydrogen-bond acceptors (Lipinski definition) is 10. The van der Waals surface area contributed by atoms with E-state index in [4.69, 9.17) is 23.7 Å². The van der Waals surface area contributed by atoms with Gasteiger partial charge >= 0.3 is 12.1 Å². The molecule has 3 aliphatic heterocycles. The number of benzene rings is 2. The van der Waals surface area contributed by atoms with E-state index in [1.807, 2.05) is 24.3 Å². The first kappa shape index (κ1) is 38.8. The summed E-state index contributed by atoms with van der Waals surface area (Å²) >= 11 is 1.41. The zero-order valence-electron chi connectivity index (χ0n) is 31.9. The molecule has 0 radical (unpaired) electrons. The third-order valence-electron chi connectivity index (χ3n) is 12.0. The van der Waals surface area contributed by atoms with Crippen LogP contribution < -0.4 is 0 Å². The molecular weight excluding hydrogens is 707 g/mol. The maximum absolute atomic E-state index is 13.2. The molecule has 3 heterocycles. The predicted molar refractivity (Wildman–Crippen MR) is 205 cm³/mol. The molecule has 11 heteroatoms. The minimum atomic E-state index is -0.549. The monoisotopic (exact) mass is 759 g/mol. The van der Waals surface area contributed by atoms with E-state index in [9.17, 15) is 19.2 Å². The van der Waals surface area contributed by atoms with Crippen LogP contribution >= 0.6 is 11.8 Å². The number of carbonyl (C=O) groups is 4. The van der Waals surface area contributed by atoms with Crippen LogP contribution in [0.3, 0.4) is 0 Å². The van der Waals surface area contributed by atoms with Gasteiger partial charge < -0.3 is 23.7 Å². The number of methoxy groups -OCH3 is 1. The largest absolute Gasteiger partial charge is 0.459 e. The Bertz CT molecular complexity index is 1720. The zero-order valence-corrected chi connectivity index (χ0v) is 32.7. The Hall–Kier alpha value is -3.51. The van der Waals surface area contributed by atoms with Gasteiger partial charge in [0.1, 0.15) is 36.4 Å². The Labute approximate surface area is 322 Å². The maximum atomic E-state index is 13.2. The number of epoxide rings is 2. The Morgan fingerprint density at radius 3 is 2.39 bits per heavy atom. The lowest BCUT2D eigenvalue weighted by Gasteiger charge is -2.42. The molecule has 1 spiro atoms. The zero-order chi connectivity index (χ0) is 38.0. The number of nitrogens with zero attached hydrogens (tertiary/aromatic N) is 1. The minimum Gasteiger partial charge on any atom is -0.459 e. The number of esters is 1. The summed E-state index contributed by atoms with van der Waals surface area (Å²) in [6, 6.07) is 15.9. The number of rotatable bonds is 16. The lowest BCUT2D eigenvalue weighted by Crippen LogP contribution is -2.55. The topological polar surface area (TPSA) is 124 Å². The molecule has 54 heavy (non-hydrogen) atoms. The number of Topliss-reactive ketones (excluding diaryl/α,β-unsaturated/α-hetero) is 2. The third kappa shape index (κ3) is 8.06. The number of hydrogen-bond donors (Lipinski definition) is 0. The van der Waals surface area contributed by atoms with Crippen molar-refractivity contribution in [3.8, 4) is 11.1 Å². The van der Waals surface area contributed by atoms with E-state index in [1.165, 1.54) is 28.5 Å². The molecule has 10 nitrogen and oxygen atoms in total. The Balaban J connectivity index is 0.819. The van der Waals surface area contributed by atoms with Gasteiger partial charge in [-0.1, -0.05) is 60.2 Å². The summed E-state index contributed by atoms with van der Waals surface area (Å²) < 4.78 is 29.9. The summed E-state index contributed by atoms with van der Waals surface area (Å²) in [4.78, 5) is 53.8. The molecule has 2 aliphatic carbocycles. The van der Waals surface area contributed by atoms with E-state index in [1.54, 1.807) is 12.0 Å². The SMILES string of the molecule is CO[C@@H]1[C@H](OC(=O)CC(=O)CSCCCC(=O)C2CCCN2C(=O)OCC2c3ccccc3-c3ccccc32)CC[C@]2(CO2)[C@H]1[C@@]1(C)O[C@@H]1CC=C(C)C. The number of likely N-dealkylation sites (tertiary alicyclic amines) is 1. The average Bonchev–Trinajstić information content (AvgIpc) is 3.95. The summed E-state index contributed by atoms with van der Waals surface area (Å²) in [5.74, 6) is -0.113. The van der Waals surface area contributed by atoms with Gasteiger partial charge in [0, 0.05) is 26.0 Å². The molecule has 1 unspecified atom stereocenters. The maximum Gasteiger partial charge on any atom is 0.410 e. The molecular formula is C43H53NO9S. The van der Waals surface area contributed by atoms with Gasteiger partial charge in [-0.25, -0.2) is 4.79 Å². The van der Waals surface area contributed by atoms with E-state index in [0.29, 0.717) is 44.6 Å². The second-order valence-electron chi connectivity index (χ2n) is 15.9. The van der Waals surface area contributed by atoms with E-state index in [0.717, 1.165) is 30.4 Å². The lowest BCUT2D eigenvalue weighted by atomic mass is 9.68. The highest BCUT2D eigenvalue weighted by molar-refractivity contribution is 7.99. The van der Waals surface area contributed by atoms with Crippen LogP contribution in [0.15, 0.2) is 60.2 Å². The number of ketones is 2. The summed E-state index contributed by atoms with van der Waals surface area (Å²) in [6.07, 6.45) is 5.03. The predicted octanol–water partition coefficient (Wildman–Crippen LogP) is 7.06. The Kier molecular flexibility index (Phi) is 11.7. The molecule has 1 amide bonds. The fraction of sp³-hybridized carbons (Fsp3) is 0.581. The Morgan fingerprint density at radius 1 is 1.02 bits per heavy atom. The van der Waals surface area contributed by atoms with Gasteiger partial charge in [-0.3, -0.25) is 19.3 Å². The van der Waals surface area contributed by atoms with Crippen LogP contribution in [0.5, 0.6) is 0 Å². The van der Waals surface area contributed by atoms with Crippen molar-refractivity contribution in [2.24, 2.45) is 5.92 Å². The summed E-state index contributed by atoms with van der Waals surface area (Å²) in [7, 11) is 1.63. The van der Waals surface area contributed by atoms with Crippen LogP contribution in [0.1, 0.15) is 89.2 Å². The van der Waals surface area contributed by atoms with E-state index in [2.05, 4.69) is 51.1 Å². The molecule has 0 aromatic heterocycles. The van der Waals surface area contributed by atoms with Crippen LogP contribution in [-0.4, -0.2) is 102 Å². The molecule has 2 aromatic carbocycles. The lowest BCUT2D eigenvalue weighted by molar-refractivity contribution is -0.172. The molecule has 290 valence electrons. The van der Waals surface area contributed by atoms with Crippen molar-refractivity contribution >= 4 is 35.4 Å². The van der Waals surface area contributed by atoms with Gasteiger partial charge in [0.25, 0.3) is 0 Å². The van der Waals surface area contributed by atoms with Gasteiger partial charge in [0.15, 0.2) is 11.6 Å². The van der Waals surface area contributed by atoms with Crippen LogP contribution in [0.2, 0.25) is 0 Å². The van der Waals surface area contributed by atoms with Crippen molar-refractivity contribution in [3.63, 3.8) is 0 Å². The summed E-state index contributed by atoms with van der Waals surface area (Å²) in [5.41, 5.74) is 5.12. The van der Waals surface area contributed by atoms with Crippen LogP contribution in [0.4, 0.5) is 4.79 Å². The molecule has 1 saturated carbocycles. The first-order valence-corrected chi connectivity index (χ1v) is 20.6. The fourth-order valence-corrected chi connectivity index (χ4v) is 10.0. The molecule has 7 rings (SSSR count). The van der Waals surface area contributed by atoms with Crippen molar-refractivity contribution in [1.29, 1.82) is 0 Å². The van der Waals surface area contributed by atoms with Crippen LogP contribution in [0.25, 0.3) is 11.1 Å². The number of fused-ring (bicyclic) bond motifs is 3. The second-order valence-corrected chi connectivity index (χ2v) is 17.0. The van der Waals surface area contributed by atoms with E-state index >= 15 is 0 Å². The molecule has 0 N–H and O–H groups in total. The normalized spacial score (nSPS) is 29.3. The van der Waals surface area contributed by atoms with Crippen LogP contribution in [-0.2, 0) is 38.1 Å². The number of carbonyl (C=O) groups excluding carboxylic acids is 4. The van der Waals surface area contributed by atoms with Crippen molar-refractivity contribution in [3.05, 3.63) is 71.3 Å². The first-order valence-electron chi connectivity index (χ1n) is 19.5. The van der Waals surface area contributed by atoms with E-state index < -0.39 is 35.9 Å². The van der Waals surface area contributed by atoms with Crippen molar-refractivity contribution in [1.82, 2.24) is 4.90 Å². The summed E-state index contributed by atoms with van der Waals surface area (Å²) in [6.45, 7) is 7.61. The van der Waals surface area contributed by atoms with Gasteiger partial charge in [-0.15, -0.1) is 0 Å². The van der Waals surface area contributed by atoms with Gasteiger partial charge in [-0.2, -0.15) is 11.8 Å².